The van der Waals surface area contributed by atoms with Crippen LogP contribution in [0, 0.1) is 16.6 Å². The normalized spacial score (nSPS) is 13.9. The Labute approximate surface area is 192 Å². The number of allylic oxidation sites excluding steroid dienone is 1. The van der Waals surface area contributed by atoms with Crippen molar-refractivity contribution in [3.05, 3.63) is 78.0 Å². The highest BCUT2D eigenvalue weighted by Crippen LogP contribution is 2.27. The first kappa shape index (κ1) is 23.7. The minimum Gasteiger partial charge on any atom is -0.321 e. The molecule has 0 spiro atoms. The third-order valence-corrected chi connectivity index (χ3v) is 5.26. The van der Waals surface area contributed by atoms with E-state index >= 15 is 0 Å². The zero-order valence-corrected chi connectivity index (χ0v) is 18.7. The zero-order valence-electron chi connectivity index (χ0n) is 18.7. The summed E-state index contributed by atoms with van der Waals surface area (Å²) in [4.78, 5) is 22.7. The lowest BCUT2D eigenvalue weighted by Gasteiger charge is -2.19. The van der Waals surface area contributed by atoms with Gasteiger partial charge in [-0.3, -0.25) is 25.6 Å². The Kier molecular flexibility index (Phi) is 7.61. The van der Waals surface area contributed by atoms with E-state index in [0.29, 0.717) is 34.5 Å². The van der Waals surface area contributed by atoms with Crippen LogP contribution >= 0.6 is 0 Å². The number of carbonyl (C=O) groups is 1. The Morgan fingerprint density at radius 1 is 1.36 bits per heavy atom. The number of amides is 1. The van der Waals surface area contributed by atoms with Gasteiger partial charge in [-0.2, -0.15) is 0 Å². The summed E-state index contributed by atoms with van der Waals surface area (Å²) >= 11 is 0. The molecular weight excluding hydrogens is 419 g/mol. The molecule has 0 radical (unpaired) electrons. The van der Waals surface area contributed by atoms with Gasteiger partial charge >= 0.3 is 0 Å². The highest BCUT2D eigenvalue weighted by Gasteiger charge is 2.30. The van der Waals surface area contributed by atoms with Crippen molar-refractivity contribution in [3.63, 3.8) is 0 Å². The summed E-state index contributed by atoms with van der Waals surface area (Å²) in [5.74, 6) is -0.647. The average Bonchev–Trinajstić information content (AvgIpc) is 3.64. The van der Waals surface area contributed by atoms with Crippen LogP contribution in [-0.4, -0.2) is 39.7 Å². The highest BCUT2D eigenvalue weighted by molar-refractivity contribution is 6.48. The Balaban J connectivity index is 1.79. The molecule has 1 fully saturated rings. The lowest BCUT2D eigenvalue weighted by Crippen LogP contribution is -2.31. The number of benzene rings is 1. The predicted molar refractivity (Wildman–Crippen MR) is 130 cm³/mol. The van der Waals surface area contributed by atoms with E-state index in [9.17, 15) is 9.18 Å². The van der Waals surface area contributed by atoms with Crippen LogP contribution in [0.4, 0.5) is 10.1 Å². The highest BCUT2D eigenvalue weighted by atomic mass is 19.1. The fraction of sp³-hybridized carbons (Fsp3) is 0.240. The molecule has 0 bridgehead atoms. The van der Waals surface area contributed by atoms with E-state index in [4.69, 9.17) is 10.8 Å². The number of aromatic nitrogens is 1. The Bertz CT molecular complexity index is 1150. The zero-order chi connectivity index (χ0) is 24.0. The molecule has 170 valence electrons. The molecule has 0 saturated heterocycles. The maximum absolute atomic E-state index is 14.1. The van der Waals surface area contributed by atoms with Gasteiger partial charge in [0.15, 0.2) is 0 Å². The fourth-order valence-electron chi connectivity index (χ4n) is 3.28. The van der Waals surface area contributed by atoms with Crippen molar-refractivity contribution in [2.24, 2.45) is 4.99 Å². The van der Waals surface area contributed by atoms with E-state index in [1.807, 2.05) is 6.92 Å². The first-order chi connectivity index (χ1) is 15.9. The minimum atomic E-state index is -0.470. The SMILES string of the molecule is C=C/N=C(\C=C(/C)c1cnc(CC)c(F)c1)C(=O)Nc1cccc(C(=N)N(C=N)C2CC2)c1. The van der Waals surface area contributed by atoms with E-state index in [1.165, 1.54) is 18.6 Å². The lowest BCUT2D eigenvalue weighted by atomic mass is 10.1. The average molecular weight is 447 g/mol. The lowest BCUT2D eigenvalue weighted by molar-refractivity contribution is -0.110. The van der Waals surface area contributed by atoms with E-state index in [0.717, 1.165) is 12.8 Å². The molecular formula is C25H27FN6O. The van der Waals surface area contributed by atoms with Crippen LogP contribution in [0.2, 0.25) is 0 Å². The van der Waals surface area contributed by atoms with Gasteiger partial charge in [-0.15, -0.1) is 0 Å². The number of hydrogen-bond donors (Lipinski definition) is 3. The molecule has 1 aliphatic carbocycles. The third kappa shape index (κ3) is 5.85. The van der Waals surface area contributed by atoms with Crippen LogP contribution in [0.5, 0.6) is 0 Å². The third-order valence-electron chi connectivity index (χ3n) is 5.26. The minimum absolute atomic E-state index is 0.0991. The maximum Gasteiger partial charge on any atom is 0.274 e. The van der Waals surface area contributed by atoms with Crippen molar-refractivity contribution < 1.29 is 9.18 Å². The molecule has 8 heteroatoms. The molecule has 3 rings (SSSR count). The molecule has 1 aromatic carbocycles. The Morgan fingerprint density at radius 2 is 2.12 bits per heavy atom. The van der Waals surface area contributed by atoms with Crippen LogP contribution in [0.3, 0.4) is 0 Å². The van der Waals surface area contributed by atoms with Crippen molar-refractivity contribution in [2.75, 3.05) is 5.32 Å². The smallest absolute Gasteiger partial charge is 0.274 e. The molecule has 3 N–H and O–H groups in total. The summed E-state index contributed by atoms with van der Waals surface area (Å²) in [6.07, 6.45) is 7.97. The maximum atomic E-state index is 14.1. The molecule has 2 aromatic rings. The van der Waals surface area contributed by atoms with Crippen molar-refractivity contribution in [2.45, 2.75) is 39.2 Å². The second kappa shape index (κ2) is 10.6. The summed E-state index contributed by atoms with van der Waals surface area (Å²) in [7, 11) is 0. The van der Waals surface area contributed by atoms with E-state index in [2.05, 4.69) is 21.9 Å². The number of rotatable bonds is 9. The fourth-order valence-corrected chi connectivity index (χ4v) is 3.28. The van der Waals surface area contributed by atoms with E-state index < -0.39 is 5.91 Å². The van der Waals surface area contributed by atoms with Gasteiger partial charge in [0.25, 0.3) is 5.91 Å². The number of amidine groups is 1. The van der Waals surface area contributed by atoms with Crippen LogP contribution < -0.4 is 5.32 Å². The molecule has 1 heterocycles. The van der Waals surface area contributed by atoms with Crippen molar-refractivity contribution in [3.8, 4) is 0 Å². The molecule has 7 nitrogen and oxygen atoms in total. The van der Waals surface area contributed by atoms with E-state index in [1.54, 1.807) is 48.4 Å². The van der Waals surface area contributed by atoms with Crippen LogP contribution in [-0.2, 0) is 11.2 Å². The molecule has 0 aliphatic heterocycles. The molecule has 0 unspecified atom stereocenters. The quantitative estimate of drug-likeness (QED) is 0.380. The predicted octanol–water partition coefficient (Wildman–Crippen LogP) is 4.81. The van der Waals surface area contributed by atoms with Gasteiger partial charge in [0.1, 0.15) is 17.4 Å². The van der Waals surface area contributed by atoms with Crippen molar-refractivity contribution in [1.29, 1.82) is 10.8 Å². The van der Waals surface area contributed by atoms with Gasteiger partial charge in [0, 0.05) is 29.7 Å². The first-order valence-electron chi connectivity index (χ1n) is 10.7. The van der Waals surface area contributed by atoms with Crippen molar-refractivity contribution in [1.82, 2.24) is 9.88 Å². The number of aryl methyl sites for hydroxylation is 1. The van der Waals surface area contributed by atoms with Gasteiger partial charge in [-0.25, -0.2) is 4.39 Å². The van der Waals surface area contributed by atoms with Gasteiger partial charge in [0.05, 0.1) is 12.0 Å². The molecule has 1 amide bonds. The molecule has 1 aliphatic rings. The summed E-state index contributed by atoms with van der Waals surface area (Å²) in [5, 5.41) is 18.8. The van der Waals surface area contributed by atoms with Crippen LogP contribution in [0.25, 0.3) is 5.57 Å². The largest absolute Gasteiger partial charge is 0.321 e. The number of pyridine rings is 1. The number of carbonyl (C=O) groups excluding carboxylic acids is 1. The van der Waals surface area contributed by atoms with Gasteiger partial charge in [-0.05, 0) is 61.6 Å². The van der Waals surface area contributed by atoms with Gasteiger partial charge in [0.2, 0.25) is 0 Å². The van der Waals surface area contributed by atoms with Crippen LogP contribution in [0.1, 0.15) is 43.5 Å². The molecule has 1 aromatic heterocycles. The van der Waals surface area contributed by atoms with Gasteiger partial charge in [-0.1, -0.05) is 25.6 Å². The number of halogens is 1. The van der Waals surface area contributed by atoms with Crippen LogP contribution in [0.15, 0.2) is 60.4 Å². The number of hydrogen-bond acceptors (Lipinski definition) is 5. The summed E-state index contributed by atoms with van der Waals surface area (Å²) in [6.45, 7) is 7.15. The molecule has 33 heavy (non-hydrogen) atoms. The monoisotopic (exact) mass is 446 g/mol. The van der Waals surface area contributed by atoms with E-state index in [-0.39, 0.29) is 23.4 Å². The summed E-state index contributed by atoms with van der Waals surface area (Å²) in [5.41, 5.74) is 2.75. The Hall–Kier alpha value is -3.94. The standard InChI is InChI=1S/C25H27FN6O/c1-4-22-21(26)13-18(14-30-22)16(3)11-23(29-5-2)25(33)31-19-8-6-7-17(12-19)24(28)32(15-27)20-9-10-20/h5-8,11-15,20,27-28H,2,4,9-10H2,1,3H3,(H,31,33)/b16-11+,27-15?,28-24?,29-23+. The number of nitrogens with one attached hydrogen (secondary N) is 3. The molecule has 0 atom stereocenters. The summed E-state index contributed by atoms with van der Waals surface area (Å²) in [6, 6.07) is 8.49. The topological polar surface area (TPSA) is 105 Å². The number of aliphatic imine (C=N–C) groups is 1. The summed E-state index contributed by atoms with van der Waals surface area (Å²) < 4.78 is 14.1. The second-order valence-electron chi connectivity index (χ2n) is 7.68. The number of nitrogens with zero attached hydrogens (tertiary/aromatic N) is 3. The first-order valence-corrected chi connectivity index (χ1v) is 10.7. The Morgan fingerprint density at radius 3 is 2.73 bits per heavy atom. The number of anilines is 1. The second-order valence-corrected chi connectivity index (χ2v) is 7.68. The van der Waals surface area contributed by atoms with Gasteiger partial charge < -0.3 is 10.2 Å². The molecule has 1 saturated carbocycles. The van der Waals surface area contributed by atoms with Crippen molar-refractivity contribution >= 4 is 35.1 Å².